The van der Waals surface area contributed by atoms with Crippen molar-refractivity contribution in [1.29, 1.82) is 0 Å². The number of thioether (sulfide) groups is 1. The number of imide groups is 1. The van der Waals surface area contributed by atoms with Crippen molar-refractivity contribution >= 4 is 53.1 Å². The van der Waals surface area contributed by atoms with Gasteiger partial charge in [0.15, 0.2) is 3.95 Å². The zero-order valence-corrected chi connectivity index (χ0v) is 17.4. The largest absolute Gasteiger partial charge is 0.480 e. The topological polar surface area (TPSA) is 104 Å². The third kappa shape index (κ3) is 2.30. The lowest BCUT2D eigenvalue weighted by molar-refractivity contribution is -0.149. The highest BCUT2D eigenvalue weighted by Gasteiger charge is 2.69. The Morgan fingerprint density at radius 1 is 1.31 bits per heavy atom. The van der Waals surface area contributed by atoms with Gasteiger partial charge in [-0.25, -0.2) is 0 Å². The van der Waals surface area contributed by atoms with Crippen LogP contribution < -0.4 is 0 Å². The lowest BCUT2D eigenvalue weighted by Gasteiger charge is -2.42. The molecule has 2 bridgehead atoms. The first kappa shape index (κ1) is 17.9. The number of nitrogens with zero attached hydrogens (tertiary/aromatic N) is 1. The van der Waals surface area contributed by atoms with Crippen LogP contribution in [0.25, 0.3) is 0 Å². The Bertz CT molecular complexity index is 1110. The molecule has 2 amide bonds. The summed E-state index contributed by atoms with van der Waals surface area (Å²) >= 11 is 8.67. The quantitative estimate of drug-likeness (QED) is 0.550. The average Bonchev–Trinajstić information content (AvgIpc) is 3.45. The van der Waals surface area contributed by atoms with Gasteiger partial charge in [-0.1, -0.05) is 0 Å². The van der Waals surface area contributed by atoms with Gasteiger partial charge < -0.3 is 14.5 Å². The number of hydrogen-bond acceptors (Lipinski definition) is 7. The SMILES string of the molecule is O=C(O)CN1C(=O)C2C3CC(C2C1=O)C1C(c2ccco2)c2sc(=S)[nH]c2SC31. The number of thiazole rings is 1. The van der Waals surface area contributed by atoms with Crippen LogP contribution in [0.15, 0.2) is 27.8 Å². The Kier molecular flexibility index (Phi) is 3.74. The van der Waals surface area contributed by atoms with Crippen LogP contribution >= 0.6 is 35.3 Å². The Labute approximate surface area is 178 Å². The van der Waals surface area contributed by atoms with E-state index in [1.54, 1.807) is 29.4 Å². The van der Waals surface area contributed by atoms with Crippen molar-refractivity contribution in [1.82, 2.24) is 9.88 Å². The second kappa shape index (κ2) is 6.05. The Balaban J connectivity index is 1.45. The lowest BCUT2D eigenvalue weighted by Crippen LogP contribution is -2.42. The molecule has 7 nitrogen and oxygen atoms in total. The van der Waals surface area contributed by atoms with Gasteiger partial charge in [-0.3, -0.25) is 19.3 Å². The Morgan fingerprint density at radius 2 is 2.07 bits per heavy atom. The number of carboxylic acids is 1. The molecule has 0 radical (unpaired) electrons. The molecular formula is C19H16N2O5S3. The molecule has 7 atom stereocenters. The standard InChI is InChI=1S/C19H16N2O5S3/c22-9(23)5-21-17(24)11-6-4-7(12(11)18(21)25)14-10(6)13(8-2-1-3-26-8)15-16(28-14)20-19(27)29-15/h1-3,6-7,10-14H,4-5H2,(H,20,27)(H,22,23). The molecule has 10 heteroatoms. The number of aromatic amines is 1. The number of carboxylic acid groups (broad SMARTS) is 1. The zero-order chi connectivity index (χ0) is 20.0. The van der Waals surface area contributed by atoms with E-state index in [1.165, 1.54) is 0 Å². The maximum atomic E-state index is 13.0. The minimum atomic E-state index is -1.16. The van der Waals surface area contributed by atoms with Crippen LogP contribution in [0.5, 0.6) is 0 Å². The first-order chi connectivity index (χ1) is 14.0. The molecule has 2 aliphatic heterocycles. The first-order valence-electron chi connectivity index (χ1n) is 9.45. The van der Waals surface area contributed by atoms with Gasteiger partial charge >= 0.3 is 5.97 Å². The molecule has 2 saturated carbocycles. The van der Waals surface area contributed by atoms with Crippen LogP contribution in [-0.4, -0.2) is 44.6 Å². The maximum absolute atomic E-state index is 13.0. The van der Waals surface area contributed by atoms with Gasteiger partial charge in [-0.2, -0.15) is 0 Å². The average molecular weight is 449 g/mol. The number of carbonyl (C=O) groups excluding carboxylic acids is 2. The van der Waals surface area contributed by atoms with E-state index < -0.39 is 24.3 Å². The third-order valence-electron chi connectivity index (χ3n) is 6.96. The highest BCUT2D eigenvalue weighted by Crippen LogP contribution is 2.68. The normalized spacial score (nSPS) is 37.0. The van der Waals surface area contributed by atoms with Gasteiger partial charge in [-0.15, -0.1) is 23.1 Å². The monoisotopic (exact) mass is 448 g/mol. The van der Waals surface area contributed by atoms with E-state index in [9.17, 15) is 14.4 Å². The number of amides is 2. The summed E-state index contributed by atoms with van der Waals surface area (Å²) in [5, 5.41) is 10.3. The van der Waals surface area contributed by atoms with Crippen LogP contribution in [-0.2, 0) is 14.4 Å². The molecule has 4 heterocycles. The highest BCUT2D eigenvalue weighted by atomic mass is 32.2. The molecular weight excluding hydrogens is 432 g/mol. The molecule has 6 rings (SSSR count). The molecule has 29 heavy (non-hydrogen) atoms. The number of carbonyl (C=O) groups is 3. The van der Waals surface area contributed by atoms with E-state index in [0.29, 0.717) is 3.95 Å². The van der Waals surface area contributed by atoms with Gasteiger partial charge in [0.1, 0.15) is 12.3 Å². The van der Waals surface area contributed by atoms with Crippen LogP contribution in [0.2, 0.25) is 0 Å². The molecule has 3 fully saturated rings. The fraction of sp³-hybridized carbons (Fsp3) is 0.474. The van der Waals surface area contributed by atoms with E-state index in [2.05, 4.69) is 4.98 Å². The summed E-state index contributed by atoms with van der Waals surface area (Å²) in [6.45, 7) is -0.547. The summed E-state index contributed by atoms with van der Waals surface area (Å²) in [6, 6.07) is 3.83. The molecule has 0 spiro atoms. The van der Waals surface area contributed by atoms with E-state index in [0.717, 1.165) is 27.0 Å². The summed E-state index contributed by atoms with van der Waals surface area (Å²) < 4.78 is 6.51. The number of hydrogen-bond donors (Lipinski definition) is 2. The maximum Gasteiger partial charge on any atom is 0.323 e. The van der Waals surface area contributed by atoms with Gasteiger partial charge in [0.05, 0.1) is 29.0 Å². The van der Waals surface area contributed by atoms with Crippen molar-refractivity contribution in [3.63, 3.8) is 0 Å². The number of H-pyrrole nitrogens is 1. The summed E-state index contributed by atoms with van der Waals surface area (Å²) in [5.74, 6) is -1.50. The van der Waals surface area contributed by atoms with E-state index in [4.69, 9.17) is 21.7 Å². The van der Waals surface area contributed by atoms with Crippen molar-refractivity contribution in [3.05, 3.63) is 33.0 Å². The molecule has 1 saturated heterocycles. The molecule has 2 aromatic heterocycles. The van der Waals surface area contributed by atoms with Crippen molar-refractivity contribution < 1.29 is 23.9 Å². The zero-order valence-electron chi connectivity index (χ0n) is 14.9. The van der Waals surface area contributed by atoms with Crippen molar-refractivity contribution in [2.75, 3.05) is 6.54 Å². The fourth-order valence-corrected chi connectivity index (χ4v) is 9.47. The predicted octanol–water partition coefficient (Wildman–Crippen LogP) is 2.96. The van der Waals surface area contributed by atoms with Crippen LogP contribution in [0, 0.1) is 33.5 Å². The summed E-state index contributed by atoms with van der Waals surface area (Å²) in [6.07, 6.45) is 2.48. The second-order valence-corrected chi connectivity index (χ2v) is 11.0. The van der Waals surface area contributed by atoms with Crippen molar-refractivity contribution in [2.24, 2.45) is 29.6 Å². The molecule has 4 aliphatic rings. The number of aromatic nitrogens is 1. The number of likely N-dealkylation sites (tertiary alicyclic amines) is 1. The van der Waals surface area contributed by atoms with Gasteiger partial charge in [0.2, 0.25) is 11.8 Å². The minimum absolute atomic E-state index is 0.00317. The number of rotatable bonds is 3. The van der Waals surface area contributed by atoms with Crippen molar-refractivity contribution in [2.45, 2.75) is 22.6 Å². The van der Waals surface area contributed by atoms with Gasteiger partial charge in [0.25, 0.3) is 0 Å². The van der Waals surface area contributed by atoms with Gasteiger partial charge in [-0.05, 0) is 48.5 Å². The molecule has 2 aromatic rings. The van der Waals surface area contributed by atoms with E-state index >= 15 is 0 Å². The van der Waals surface area contributed by atoms with E-state index in [1.807, 2.05) is 12.1 Å². The Hall–Kier alpha value is -1.91. The fourth-order valence-electron chi connectivity index (χ4n) is 6.16. The first-order valence-corrected chi connectivity index (χ1v) is 11.6. The predicted molar refractivity (Wildman–Crippen MR) is 106 cm³/mol. The van der Waals surface area contributed by atoms with Crippen LogP contribution in [0.3, 0.4) is 0 Å². The number of nitrogens with one attached hydrogen (secondary N) is 1. The minimum Gasteiger partial charge on any atom is -0.480 e. The molecule has 2 aliphatic carbocycles. The second-order valence-electron chi connectivity index (χ2n) is 8.13. The summed E-state index contributed by atoms with van der Waals surface area (Å²) in [4.78, 5) is 42.5. The number of furan rings is 1. The lowest BCUT2D eigenvalue weighted by atomic mass is 9.69. The van der Waals surface area contributed by atoms with Gasteiger partial charge in [0, 0.05) is 10.1 Å². The van der Waals surface area contributed by atoms with Crippen molar-refractivity contribution in [3.8, 4) is 0 Å². The van der Waals surface area contributed by atoms with E-state index in [-0.39, 0.29) is 40.7 Å². The number of fused-ring (bicyclic) bond motifs is 9. The molecule has 7 unspecified atom stereocenters. The highest BCUT2D eigenvalue weighted by molar-refractivity contribution is 8.00. The molecule has 0 aromatic carbocycles. The molecule has 2 N–H and O–H groups in total. The summed E-state index contributed by atoms with van der Waals surface area (Å²) in [5.41, 5.74) is 0. The smallest absolute Gasteiger partial charge is 0.323 e. The van der Waals surface area contributed by atoms with Crippen LogP contribution in [0.4, 0.5) is 0 Å². The summed E-state index contributed by atoms with van der Waals surface area (Å²) in [7, 11) is 0. The number of aliphatic carboxylic acids is 1. The van der Waals surface area contributed by atoms with Crippen LogP contribution in [0.1, 0.15) is 23.0 Å². The third-order valence-corrected chi connectivity index (χ3v) is 9.90. The Morgan fingerprint density at radius 3 is 2.76 bits per heavy atom. The molecule has 150 valence electrons.